The summed E-state index contributed by atoms with van der Waals surface area (Å²) in [7, 11) is -2.49. The monoisotopic (exact) mass is 387 g/mol. The van der Waals surface area contributed by atoms with Crippen molar-refractivity contribution in [1.29, 1.82) is 0 Å². The molecule has 136 valence electrons. The molecule has 0 aromatic heterocycles. The van der Waals surface area contributed by atoms with Gasteiger partial charge in [-0.25, -0.2) is 12.7 Å². The first-order chi connectivity index (χ1) is 11.5. The fourth-order valence-electron chi connectivity index (χ4n) is 2.32. The number of carbonyl (C=O) groups is 2. The highest BCUT2D eigenvalue weighted by Crippen LogP contribution is 2.41. The minimum Gasteiger partial charge on any atom is -0.456 e. The van der Waals surface area contributed by atoms with Crippen molar-refractivity contribution in [3.8, 4) is 0 Å². The van der Waals surface area contributed by atoms with E-state index < -0.39 is 33.1 Å². The van der Waals surface area contributed by atoms with E-state index in [1.807, 2.05) is 0 Å². The lowest BCUT2D eigenvalue weighted by molar-refractivity contribution is -0.142. The molecule has 0 N–H and O–H groups in total. The predicted octanol–water partition coefficient (Wildman–Crippen LogP) is 2.17. The van der Waals surface area contributed by atoms with Gasteiger partial charge in [0.15, 0.2) is 5.60 Å². The first-order valence-electron chi connectivity index (χ1n) is 7.42. The number of carbonyl (C=O) groups excluding carboxylic acids is 2. The summed E-state index contributed by atoms with van der Waals surface area (Å²) in [5.74, 6) is -2.38. The summed E-state index contributed by atoms with van der Waals surface area (Å²) in [6, 6.07) is 6.33. The van der Waals surface area contributed by atoms with Crippen LogP contribution in [0.4, 0.5) is 0 Å². The number of Topliss-reactive ketones (excluding diaryl/α,β-unsaturated/α-hetero) is 1. The van der Waals surface area contributed by atoms with Crippen molar-refractivity contribution in [2.24, 2.45) is 0 Å². The Balaban J connectivity index is 2.55. The summed E-state index contributed by atoms with van der Waals surface area (Å²) in [6.07, 6.45) is 0. The molecule has 9 heteroatoms. The van der Waals surface area contributed by atoms with Crippen LogP contribution in [-0.2, 0) is 34.7 Å². The molecule has 1 aromatic rings. The van der Waals surface area contributed by atoms with Crippen molar-refractivity contribution >= 4 is 33.4 Å². The van der Waals surface area contributed by atoms with Crippen LogP contribution < -0.4 is 0 Å². The highest BCUT2D eigenvalue weighted by Gasteiger charge is 2.51. The Morgan fingerprint density at radius 3 is 2.36 bits per heavy atom. The average molecular weight is 388 g/mol. The highest BCUT2D eigenvalue weighted by atomic mass is 35.5. The minimum atomic E-state index is -3.73. The normalized spacial score (nSPS) is 20.4. The van der Waals surface area contributed by atoms with Crippen LogP contribution in [0, 0.1) is 0 Å². The minimum absolute atomic E-state index is 0.213. The standard InChI is InChI=1S/C16H18ClNO6S/c1-5-25(21,22)18(4)15-13(23-10(2)19)14(20)16(3,24-15)11-6-8-12(17)9-7-11/h6-9H,5H2,1-4H3. The third-order valence-corrected chi connectivity index (χ3v) is 5.83. The zero-order chi connectivity index (χ0) is 19.0. The second-order valence-electron chi connectivity index (χ2n) is 5.57. The second kappa shape index (κ2) is 6.68. The van der Waals surface area contributed by atoms with Crippen LogP contribution in [0.15, 0.2) is 35.9 Å². The molecule has 7 nitrogen and oxygen atoms in total. The maximum atomic E-state index is 12.9. The molecule has 0 saturated heterocycles. The molecule has 25 heavy (non-hydrogen) atoms. The van der Waals surface area contributed by atoms with E-state index in [1.54, 1.807) is 24.3 Å². The van der Waals surface area contributed by atoms with Gasteiger partial charge in [0.2, 0.25) is 15.8 Å². The number of ether oxygens (including phenoxy) is 2. The Labute approximate surface area is 151 Å². The Hall–Kier alpha value is -2.06. The SMILES string of the molecule is CCS(=O)(=O)N(C)C1=C(OC(C)=O)C(=O)C(C)(c2ccc(Cl)cc2)O1. The maximum Gasteiger partial charge on any atom is 0.308 e. The van der Waals surface area contributed by atoms with Crippen LogP contribution in [0.2, 0.25) is 5.02 Å². The summed E-state index contributed by atoms with van der Waals surface area (Å²) in [5, 5.41) is 0.469. The number of nitrogens with zero attached hydrogens (tertiary/aromatic N) is 1. The third kappa shape index (κ3) is 3.50. The number of sulfonamides is 1. The van der Waals surface area contributed by atoms with Crippen LogP contribution in [0.3, 0.4) is 0 Å². The summed E-state index contributed by atoms with van der Waals surface area (Å²) in [4.78, 5) is 24.2. The van der Waals surface area contributed by atoms with Gasteiger partial charge in [-0.2, -0.15) is 0 Å². The molecule has 1 heterocycles. The van der Waals surface area contributed by atoms with Crippen LogP contribution in [0.25, 0.3) is 0 Å². The van der Waals surface area contributed by atoms with Crippen LogP contribution in [-0.4, -0.2) is 37.3 Å². The molecule has 1 unspecified atom stereocenters. The summed E-state index contributed by atoms with van der Waals surface area (Å²) in [5.41, 5.74) is -1.09. The molecule has 1 aliphatic heterocycles. The summed E-state index contributed by atoms with van der Waals surface area (Å²) < 4.78 is 35.8. The molecule has 1 aromatic carbocycles. The molecule has 0 bridgehead atoms. The first-order valence-corrected chi connectivity index (χ1v) is 9.40. The zero-order valence-corrected chi connectivity index (χ0v) is 15.8. The van der Waals surface area contributed by atoms with Gasteiger partial charge in [-0.3, -0.25) is 9.59 Å². The van der Waals surface area contributed by atoms with Crippen molar-refractivity contribution in [3.05, 3.63) is 46.5 Å². The number of hydrogen-bond acceptors (Lipinski definition) is 6. The highest BCUT2D eigenvalue weighted by molar-refractivity contribution is 7.89. The lowest BCUT2D eigenvalue weighted by Crippen LogP contribution is -2.33. The Morgan fingerprint density at radius 2 is 1.88 bits per heavy atom. The van der Waals surface area contributed by atoms with Crippen molar-refractivity contribution in [2.75, 3.05) is 12.8 Å². The van der Waals surface area contributed by atoms with Gasteiger partial charge in [0, 0.05) is 24.6 Å². The van der Waals surface area contributed by atoms with Gasteiger partial charge < -0.3 is 9.47 Å². The molecule has 0 fully saturated rings. The summed E-state index contributed by atoms with van der Waals surface area (Å²) >= 11 is 5.86. The van der Waals surface area contributed by atoms with Crippen molar-refractivity contribution in [1.82, 2.24) is 4.31 Å². The lowest BCUT2D eigenvalue weighted by atomic mass is 9.92. The van der Waals surface area contributed by atoms with Gasteiger partial charge in [0.1, 0.15) is 0 Å². The third-order valence-electron chi connectivity index (χ3n) is 3.84. The van der Waals surface area contributed by atoms with Gasteiger partial charge in [-0.1, -0.05) is 23.7 Å². The molecular weight excluding hydrogens is 370 g/mol. The van der Waals surface area contributed by atoms with E-state index in [0.29, 0.717) is 10.6 Å². The number of halogens is 1. The van der Waals surface area contributed by atoms with Crippen molar-refractivity contribution in [2.45, 2.75) is 26.4 Å². The van der Waals surface area contributed by atoms with E-state index in [0.717, 1.165) is 11.2 Å². The Kier molecular flexibility index (Phi) is 5.15. The molecular formula is C16H18ClNO6S. The number of ketones is 1. The number of rotatable bonds is 5. The molecule has 1 atom stereocenters. The first kappa shape index (κ1) is 19.3. The fourth-order valence-corrected chi connectivity index (χ4v) is 3.20. The molecule has 0 saturated carbocycles. The van der Waals surface area contributed by atoms with Crippen LogP contribution in [0.1, 0.15) is 26.3 Å². The smallest absolute Gasteiger partial charge is 0.308 e. The fraction of sp³-hybridized carbons (Fsp3) is 0.375. The Bertz CT molecular complexity index is 846. The van der Waals surface area contributed by atoms with E-state index in [-0.39, 0.29) is 11.6 Å². The lowest BCUT2D eigenvalue weighted by Gasteiger charge is -2.26. The van der Waals surface area contributed by atoms with E-state index in [1.165, 1.54) is 20.9 Å². The molecule has 0 aliphatic carbocycles. The topological polar surface area (TPSA) is 90.0 Å². The van der Waals surface area contributed by atoms with E-state index in [4.69, 9.17) is 21.1 Å². The largest absolute Gasteiger partial charge is 0.456 e. The molecule has 1 aliphatic rings. The number of benzene rings is 1. The van der Waals surface area contributed by atoms with E-state index in [9.17, 15) is 18.0 Å². The van der Waals surface area contributed by atoms with Gasteiger partial charge in [-0.15, -0.1) is 0 Å². The van der Waals surface area contributed by atoms with E-state index in [2.05, 4.69) is 0 Å². The molecule has 2 rings (SSSR count). The number of hydrogen-bond donors (Lipinski definition) is 0. The molecule has 0 spiro atoms. The van der Waals surface area contributed by atoms with Gasteiger partial charge in [0.05, 0.1) is 5.75 Å². The Morgan fingerprint density at radius 1 is 1.32 bits per heavy atom. The predicted molar refractivity (Wildman–Crippen MR) is 90.9 cm³/mol. The second-order valence-corrected chi connectivity index (χ2v) is 8.29. The molecule has 0 amide bonds. The quantitative estimate of drug-likeness (QED) is 0.719. The average Bonchev–Trinajstić information content (AvgIpc) is 2.80. The zero-order valence-electron chi connectivity index (χ0n) is 14.2. The maximum absolute atomic E-state index is 12.9. The van der Waals surface area contributed by atoms with Gasteiger partial charge in [0.25, 0.3) is 11.7 Å². The van der Waals surface area contributed by atoms with Crippen LogP contribution in [0.5, 0.6) is 0 Å². The van der Waals surface area contributed by atoms with Gasteiger partial charge >= 0.3 is 5.97 Å². The molecule has 0 radical (unpaired) electrons. The number of esters is 1. The van der Waals surface area contributed by atoms with Crippen molar-refractivity contribution < 1.29 is 27.5 Å². The van der Waals surface area contributed by atoms with Gasteiger partial charge in [-0.05, 0) is 26.0 Å². The van der Waals surface area contributed by atoms with Crippen molar-refractivity contribution in [3.63, 3.8) is 0 Å². The summed E-state index contributed by atoms with van der Waals surface area (Å²) in [6.45, 7) is 4.04. The van der Waals surface area contributed by atoms with E-state index >= 15 is 0 Å². The van der Waals surface area contributed by atoms with Crippen LogP contribution >= 0.6 is 11.6 Å².